The first-order chi connectivity index (χ1) is 17.2. The minimum atomic E-state index is -0.435. The molecule has 0 radical (unpaired) electrons. The second kappa shape index (κ2) is 10.7. The maximum Gasteiger partial charge on any atom is 0.321 e. The van der Waals surface area contributed by atoms with Crippen LogP contribution in [0.15, 0.2) is 22.9 Å². The summed E-state index contributed by atoms with van der Waals surface area (Å²) in [5, 5.41) is 16.6. The van der Waals surface area contributed by atoms with Crippen molar-refractivity contribution in [3.05, 3.63) is 40.9 Å². The van der Waals surface area contributed by atoms with Crippen LogP contribution in [0.4, 0.5) is 10.5 Å². The van der Waals surface area contributed by atoms with E-state index in [9.17, 15) is 14.7 Å². The Morgan fingerprint density at radius 2 is 2.17 bits per heavy atom. The van der Waals surface area contributed by atoms with E-state index in [1.165, 1.54) is 10.5 Å². The molecule has 10 heteroatoms. The standard InChI is InChI=1S/C26H35N5O5/c1-15-12-31(16(2)14-32)25(33)21-10-20(19-8-6-7-9-19)11-27-24(21)35-22(15)13-30(5)26(34)28-23-17(3)29-36-18(23)4/h8,10-11,15-16,22,32H,6-7,9,12-14H2,1-5H3,(H,28,34)/t15-,16+,22-/m1/s1. The Kier molecular flexibility index (Phi) is 7.63. The van der Waals surface area contributed by atoms with Crippen LogP contribution in [0.2, 0.25) is 0 Å². The maximum absolute atomic E-state index is 13.6. The van der Waals surface area contributed by atoms with Gasteiger partial charge in [0.2, 0.25) is 5.88 Å². The van der Waals surface area contributed by atoms with Gasteiger partial charge >= 0.3 is 6.03 Å². The summed E-state index contributed by atoms with van der Waals surface area (Å²) in [4.78, 5) is 34.3. The molecule has 0 saturated heterocycles. The zero-order valence-electron chi connectivity index (χ0n) is 21.6. The highest BCUT2D eigenvalue weighted by atomic mass is 16.5. The van der Waals surface area contributed by atoms with Crippen LogP contribution in [0.25, 0.3) is 5.57 Å². The quantitative estimate of drug-likeness (QED) is 0.625. The Balaban J connectivity index is 1.60. The number of carbonyl (C=O) groups is 2. The number of anilines is 1. The SMILES string of the molecule is Cc1noc(C)c1NC(=O)N(C)C[C@H]1Oc2ncc(C3=CCCC3)cc2C(=O)N([C@@H](C)CO)C[C@H]1C. The molecular weight excluding hydrogens is 462 g/mol. The summed E-state index contributed by atoms with van der Waals surface area (Å²) in [6.45, 7) is 7.77. The number of fused-ring (bicyclic) bond motifs is 1. The van der Waals surface area contributed by atoms with Gasteiger partial charge in [-0.15, -0.1) is 0 Å². The molecule has 3 amide bonds. The number of amides is 3. The largest absolute Gasteiger partial charge is 0.472 e. The van der Waals surface area contributed by atoms with Crippen LogP contribution in [0.5, 0.6) is 5.88 Å². The summed E-state index contributed by atoms with van der Waals surface area (Å²) in [6, 6.07) is 1.15. The predicted molar refractivity (Wildman–Crippen MR) is 135 cm³/mol. The molecule has 10 nitrogen and oxygen atoms in total. The molecular formula is C26H35N5O5. The number of rotatable bonds is 6. The number of aryl methyl sites for hydroxylation is 2. The summed E-state index contributed by atoms with van der Waals surface area (Å²) < 4.78 is 11.4. The first-order valence-corrected chi connectivity index (χ1v) is 12.4. The number of allylic oxidation sites excluding steroid dienone is 2. The number of urea groups is 1. The van der Waals surface area contributed by atoms with Gasteiger partial charge in [-0.2, -0.15) is 0 Å². The zero-order chi connectivity index (χ0) is 26.0. The number of aliphatic hydroxyl groups excluding tert-OH is 1. The van der Waals surface area contributed by atoms with Gasteiger partial charge in [-0.1, -0.05) is 18.2 Å². The molecule has 1 aliphatic carbocycles. The Morgan fingerprint density at radius 1 is 1.39 bits per heavy atom. The van der Waals surface area contributed by atoms with Gasteiger partial charge in [0, 0.05) is 25.7 Å². The van der Waals surface area contributed by atoms with Gasteiger partial charge in [-0.25, -0.2) is 9.78 Å². The Morgan fingerprint density at radius 3 is 2.81 bits per heavy atom. The molecule has 2 N–H and O–H groups in total. The molecule has 0 spiro atoms. The van der Waals surface area contributed by atoms with Gasteiger partial charge in [0.15, 0.2) is 5.76 Å². The third-order valence-electron chi connectivity index (χ3n) is 7.00. The Labute approximate surface area is 211 Å². The van der Waals surface area contributed by atoms with Crippen LogP contribution in [-0.4, -0.2) is 75.9 Å². The minimum absolute atomic E-state index is 0.135. The highest BCUT2D eigenvalue weighted by Crippen LogP contribution is 2.32. The predicted octanol–water partition coefficient (Wildman–Crippen LogP) is 3.64. The Bertz CT molecular complexity index is 1140. The van der Waals surface area contributed by atoms with E-state index in [1.54, 1.807) is 32.0 Å². The Hall–Kier alpha value is -3.40. The summed E-state index contributed by atoms with van der Waals surface area (Å²) >= 11 is 0. The molecule has 4 rings (SSSR count). The van der Waals surface area contributed by atoms with E-state index in [0.717, 1.165) is 24.8 Å². The first-order valence-electron chi connectivity index (χ1n) is 12.4. The van der Waals surface area contributed by atoms with Crippen LogP contribution in [0.1, 0.15) is 60.5 Å². The molecule has 1 aliphatic heterocycles. The molecule has 0 aromatic carbocycles. The molecule has 0 saturated carbocycles. The smallest absolute Gasteiger partial charge is 0.321 e. The molecule has 3 heterocycles. The number of likely N-dealkylation sites (N-methyl/N-ethyl adjacent to an activating group) is 1. The first kappa shape index (κ1) is 25.7. The minimum Gasteiger partial charge on any atom is -0.472 e. The van der Waals surface area contributed by atoms with Gasteiger partial charge in [-0.3, -0.25) is 4.79 Å². The van der Waals surface area contributed by atoms with Crippen LogP contribution in [0.3, 0.4) is 0 Å². The summed E-state index contributed by atoms with van der Waals surface area (Å²) in [5.74, 6) is 0.426. The molecule has 0 fully saturated rings. The van der Waals surface area contributed by atoms with Crippen molar-refractivity contribution in [1.29, 1.82) is 0 Å². The fraction of sp³-hybridized carbons (Fsp3) is 0.538. The number of aliphatic hydroxyl groups is 1. The normalized spacial score (nSPS) is 20.7. The van der Waals surface area contributed by atoms with E-state index in [2.05, 4.69) is 21.5 Å². The average Bonchev–Trinajstić information content (AvgIpc) is 3.51. The van der Waals surface area contributed by atoms with Crippen molar-refractivity contribution >= 4 is 23.2 Å². The van der Waals surface area contributed by atoms with E-state index in [4.69, 9.17) is 9.26 Å². The molecule has 0 bridgehead atoms. The second-order valence-corrected chi connectivity index (χ2v) is 9.83. The molecule has 2 aliphatic rings. The van der Waals surface area contributed by atoms with Crippen molar-refractivity contribution in [2.75, 3.05) is 32.1 Å². The van der Waals surface area contributed by atoms with Gasteiger partial charge < -0.3 is 29.5 Å². The second-order valence-electron chi connectivity index (χ2n) is 9.83. The zero-order valence-corrected chi connectivity index (χ0v) is 21.6. The van der Waals surface area contributed by atoms with E-state index >= 15 is 0 Å². The lowest BCUT2D eigenvalue weighted by Gasteiger charge is -2.37. The number of aromatic nitrogens is 2. The van der Waals surface area contributed by atoms with Crippen LogP contribution >= 0.6 is 0 Å². The van der Waals surface area contributed by atoms with Gasteiger partial charge in [0.25, 0.3) is 5.91 Å². The van der Waals surface area contributed by atoms with E-state index in [-0.39, 0.29) is 42.9 Å². The fourth-order valence-electron chi connectivity index (χ4n) is 4.65. The lowest BCUT2D eigenvalue weighted by atomic mass is 9.99. The van der Waals surface area contributed by atoms with Crippen molar-refractivity contribution in [3.8, 4) is 5.88 Å². The van der Waals surface area contributed by atoms with E-state index in [0.29, 0.717) is 29.2 Å². The van der Waals surface area contributed by atoms with Crippen molar-refractivity contribution in [3.63, 3.8) is 0 Å². The molecule has 0 unspecified atom stereocenters. The lowest BCUT2D eigenvalue weighted by Crippen LogP contribution is -2.50. The molecule has 194 valence electrons. The monoisotopic (exact) mass is 497 g/mol. The molecule has 36 heavy (non-hydrogen) atoms. The van der Waals surface area contributed by atoms with Gasteiger partial charge in [-0.05, 0) is 57.2 Å². The number of nitrogens with zero attached hydrogens (tertiary/aromatic N) is 4. The number of hydrogen-bond acceptors (Lipinski definition) is 7. The van der Waals surface area contributed by atoms with E-state index in [1.807, 2.05) is 19.9 Å². The number of hydrogen-bond donors (Lipinski definition) is 2. The average molecular weight is 498 g/mol. The highest BCUT2D eigenvalue weighted by Gasteiger charge is 2.35. The highest BCUT2D eigenvalue weighted by molar-refractivity contribution is 5.97. The van der Waals surface area contributed by atoms with Crippen molar-refractivity contribution < 1.29 is 24.0 Å². The van der Waals surface area contributed by atoms with Crippen LogP contribution < -0.4 is 10.1 Å². The third kappa shape index (κ3) is 5.23. The number of ether oxygens (including phenoxy) is 1. The molecule has 2 aromatic heterocycles. The lowest BCUT2D eigenvalue weighted by molar-refractivity contribution is 0.0356. The van der Waals surface area contributed by atoms with E-state index < -0.39 is 6.10 Å². The summed E-state index contributed by atoms with van der Waals surface area (Å²) in [7, 11) is 1.69. The maximum atomic E-state index is 13.6. The third-order valence-corrected chi connectivity index (χ3v) is 7.00. The number of pyridine rings is 1. The summed E-state index contributed by atoms with van der Waals surface area (Å²) in [5.41, 5.74) is 3.62. The van der Waals surface area contributed by atoms with Gasteiger partial charge in [0.1, 0.15) is 23.0 Å². The fourth-order valence-corrected chi connectivity index (χ4v) is 4.65. The molecule has 2 aromatic rings. The van der Waals surface area contributed by atoms with Crippen molar-refractivity contribution in [2.24, 2.45) is 5.92 Å². The molecule has 3 atom stereocenters. The number of carbonyl (C=O) groups excluding carboxylic acids is 2. The number of nitrogens with one attached hydrogen (secondary N) is 1. The summed E-state index contributed by atoms with van der Waals surface area (Å²) in [6.07, 6.45) is 6.56. The van der Waals surface area contributed by atoms with Crippen molar-refractivity contribution in [2.45, 2.75) is 59.1 Å². The van der Waals surface area contributed by atoms with Crippen LogP contribution in [0, 0.1) is 19.8 Å². The van der Waals surface area contributed by atoms with Crippen molar-refractivity contribution in [1.82, 2.24) is 19.9 Å². The van der Waals surface area contributed by atoms with Crippen LogP contribution in [-0.2, 0) is 0 Å². The topological polar surface area (TPSA) is 121 Å². The van der Waals surface area contributed by atoms with Gasteiger partial charge in [0.05, 0.1) is 19.2 Å².